The van der Waals surface area contributed by atoms with Crippen LogP contribution in [0.4, 0.5) is 4.39 Å². The van der Waals surface area contributed by atoms with Gasteiger partial charge in [0, 0.05) is 32.0 Å². The first-order valence-electron chi connectivity index (χ1n) is 9.64. The quantitative estimate of drug-likeness (QED) is 0.316. The van der Waals surface area contributed by atoms with Gasteiger partial charge in [0.05, 0.1) is 26.0 Å². The molecule has 2 atom stereocenters. The van der Waals surface area contributed by atoms with Crippen molar-refractivity contribution in [3.63, 3.8) is 0 Å². The van der Waals surface area contributed by atoms with Crippen LogP contribution in [-0.2, 0) is 11.2 Å². The Balaban J connectivity index is 0.00000300. The number of benzene rings is 1. The summed E-state index contributed by atoms with van der Waals surface area (Å²) in [5.74, 6) is 1.92. The lowest BCUT2D eigenvalue weighted by atomic mass is 10.1. The smallest absolute Gasteiger partial charge is 0.191 e. The summed E-state index contributed by atoms with van der Waals surface area (Å²) < 4.78 is 29.8. The van der Waals surface area contributed by atoms with Gasteiger partial charge in [-0.15, -0.1) is 24.0 Å². The highest BCUT2D eigenvalue weighted by atomic mass is 127. The molecular formula is C21H29FIN3O3. The summed E-state index contributed by atoms with van der Waals surface area (Å²) in [7, 11) is 1.46. The van der Waals surface area contributed by atoms with Crippen LogP contribution in [0, 0.1) is 11.7 Å². The van der Waals surface area contributed by atoms with Crippen molar-refractivity contribution in [2.24, 2.45) is 10.9 Å². The van der Waals surface area contributed by atoms with Crippen LogP contribution < -0.4 is 15.4 Å². The van der Waals surface area contributed by atoms with Crippen LogP contribution in [0.15, 0.2) is 46.0 Å². The lowest BCUT2D eigenvalue weighted by Crippen LogP contribution is -2.40. The Labute approximate surface area is 188 Å². The normalized spacial score (nSPS) is 17.5. The molecule has 160 valence electrons. The second kappa shape index (κ2) is 12.0. The third-order valence-electron chi connectivity index (χ3n) is 4.80. The van der Waals surface area contributed by atoms with Gasteiger partial charge in [0.1, 0.15) is 5.76 Å². The molecule has 2 N–H and O–H groups in total. The van der Waals surface area contributed by atoms with E-state index in [-0.39, 0.29) is 41.6 Å². The third kappa shape index (κ3) is 7.18. The maximum atomic E-state index is 14.0. The highest BCUT2D eigenvalue weighted by molar-refractivity contribution is 14.0. The minimum absolute atomic E-state index is 0. The number of ether oxygens (including phenoxy) is 2. The van der Waals surface area contributed by atoms with Gasteiger partial charge in [-0.2, -0.15) is 0 Å². The fourth-order valence-electron chi connectivity index (χ4n) is 3.10. The summed E-state index contributed by atoms with van der Waals surface area (Å²) >= 11 is 0. The molecule has 1 saturated heterocycles. The van der Waals surface area contributed by atoms with Gasteiger partial charge in [0.15, 0.2) is 17.5 Å². The Morgan fingerprint density at radius 3 is 2.90 bits per heavy atom. The Kier molecular flexibility index (Phi) is 9.72. The number of hydrogen-bond acceptors (Lipinski definition) is 4. The standard InChI is InChI=1S/C21H28FN3O3.HI/c1-15(17-5-6-20(26-2)19(22)12-17)25-21(24-13-16-8-11-27-14-16)23-9-7-18-4-3-10-28-18;/h3-6,10,12,15-16H,7-9,11,13-14H2,1-2H3,(H2,23,24,25);1H. The van der Waals surface area contributed by atoms with E-state index in [9.17, 15) is 4.39 Å². The SMILES string of the molecule is COc1ccc(C(C)NC(=NCC2CCOC2)NCCc2ccco2)cc1F.I. The number of furan rings is 1. The Hall–Kier alpha value is -1.81. The van der Waals surface area contributed by atoms with Crippen molar-refractivity contribution in [3.8, 4) is 5.75 Å². The van der Waals surface area contributed by atoms with Crippen molar-refractivity contribution in [2.75, 3.05) is 33.4 Å². The molecule has 0 saturated carbocycles. The second-order valence-electron chi connectivity index (χ2n) is 6.94. The van der Waals surface area contributed by atoms with Gasteiger partial charge in [-0.3, -0.25) is 4.99 Å². The van der Waals surface area contributed by atoms with Gasteiger partial charge in [-0.1, -0.05) is 6.07 Å². The summed E-state index contributed by atoms with van der Waals surface area (Å²) in [6.45, 7) is 4.91. The van der Waals surface area contributed by atoms with Crippen LogP contribution in [-0.4, -0.2) is 39.4 Å². The van der Waals surface area contributed by atoms with Crippen molar-refractivity contribution in [2.45, 2.75) is 25.8 Å². The van der Waals surface area contributed by atoms with Crippen molar-refractivity contribution in [1.29, 1.82) is 0 Å². The minimum atomic E-state index is -0.374. The monoisotopic (exact) mass is 517 g/mol. The molecular weight excluding hydrogens is 488 g/mol. The van der Waals surface area contributed by atoms with E-state index in [4.69, 9.17) is 18.9 Å². The number of nitrogens with one attached hydrogen (secondary N) is 2. The molecule has 3 rings (SSSR count). The van der Waals surface area contributed by atoms with E-state index in [1.54, 1.807) is 12.3 Å². The van der Waals surface area contributed by atoms with Gasteiger partial charge in [0.2, 0.25) is 0 Å². The van der Waals surface area contributed by atoms with E-state index in [1.165, 1.54) is 13.2 Å². The molecule has 0 aliphatic carbocycles. The summed E-state index contributed by atoms with van der Waals surface area (Å²) in [6, 6.07) is 8.69. The lowest BCUT2D eigenvalue weighted by molar-refractivity contribution is 0.187. The molecule has 2 aromatic rings. The van der Waals surface area contributed by atoms with Crippen molar-refractivity contribution in [1.82, 2.24) is 10.6 Å². The molecule has 6 nitrogen and oxygen atoms in total. The lowest BCUT2D eigenvalue weighted by Gasteiger charge is -2.19. The molecule has 0 amide bonds. The van der Waals surface area contributed by atoms with Crippen LogP contribution in [0.25, 0.3) is 0 Å². The average Bonchev–Trinajstić information content (AvgIpc) is 3.40. The maximum Gasteiger partial charge on any atom is 0.191 e. The molecule has 1 aliphatic heterocycles. The fourth-order valence-corrected chi connectivity index (χ4v) is 3.10. The van der Waals surface area contributed by atoms with Gasteiger partial charge >= 0.3 is 0 Å². The Bertz CT molecular complexity index is 765. The Morgan fingerprint density at radius 2 is 2.24 bits per heavy atom. The summed E-state index contributed by atoms with van der Waals surface area (Å²) in [5, 5.41) is 6.70. The molecule has 8 heteroatoms. The number of rotatable bonds is 8. The number of guanidine groups is 1. The van der Waals surface area contributed by atoms with E-state index in [0.29, 0.717) is 25.0 Å². The molecule has 29 heavy (non-hydrogen) atoms. The van der Waals surface area contributed by atoms with E-state index in [1.807, 2.05) is 25.1 Å². The molecule has 0 radical (unpaired) electrons. The summed E-state index contributed by atoms with van der Waals surface area (Å²) in [6.07, 6.45) is 3.46. The molecule has 2 heterocycles. The van der Waals surface area contributed by atoms with Crippen molar-refractivity contribution >= 4 is 29.9 Å². The predicted molar refractivity (Wildman–Crippen MR) is 122 cm³/mol. The van der Waals surface area contributed by atoms with Crippen LogP contribution in [0.1, 0.15) is 30.7 Å². The first-order valence-corrected chi connectivity index (χ1v) is 9.64. The predicted octanol–water partition coefficient (Wildman–Crippen LogP) is 3.92. The highest BCUT2D eigenvalue weighted by Crippen LogP contribution is 2.21. The second-order valence-corrected chi connectivity index (χ2v) is 6.94. The highest BCUT2D eigenvalue weighted by Gasteiger charge is 2.16. The zero-order valence-corrected chi connectivity index (χ0v) is 19.1. The first kappa shape index (κ1) is 23.5. The molecule has 1 aromatic carbocycles. The number of halogens is 2. The zero-order valence-electron chi connectivity index (χ0n) is 16.8. The summed E-state index contributed by atoms with van der Waals surface area (Å²) in [4.78, 5) is 4.71. The van der Waals surface area contributed by atoms with Crippen LogP contribution in [0.5, 0.6) is 5.75 Å². The number of hydrogen-bond donors (Lipinski definition) is 2. The van der Waals surface area contributed by atoms with Crippen LogP contribution >= 0.6 is 24.0 Å². The molecule has 1 fully saturated rings. The molecule has 1 aromatic heterocycles. The molecule has 0 spiro atoms. The number of aliphatic imine (C=N–C) groups is 1. The van der Waals surface area contributed by atoms with Crippen LogP contribution in [0.3, 0.4) is 0 Å². The van der Waals surface area contributed by atoms with E-state index in [2.05, 4.69) is 10.6 Å². The van der Waals surface area contributed by atoms with E-state index >= 15 is 0 Å². The molecule has 1 aliphatic rings. The summed E-state index contributed by atoms with van der Waals surface area (Å²) in [5.41, 5.74) is 0.822. The average molecular weight is 517 g/mol. The van der Waals surface area contributed by atoms with E-state index < -0.39 is 0 Å². The topological polar surface area (TPSA) is 68.0 Å². The fraction of sp³-hybridized carbons (Fsp3) is 0.476. The molecule has 2 unspecified atom stereocenters. The van der Waals surface area contributed by atoms with E-state index in [0.717, 1.165) is 37.4 Å². The van der Waals surface area contributed by atoms with Gasteiger partial charge in [-0.25, -0.2) is 4.39 Å². The number of methoxy groups -OCH3 is 1. The number of nitrogens with zero attached hydrogens (tertiary/aromatic N) is 1. The maximum absolute atomic E-state index is 14.0. The van der Waals surface area contributed by atoms with Gasteiger partial charge in [-0.05, 0) is 43.2 Å². The van der Waals surface area contributed by atoms with Crippen LogP contribution in [0.2, 0.25) is 0 Å². The van der Waals surface area contributed by atoms with Gasteiger partial charge < -0.3 is 24.5 Å². The molecule has 0 bridgehead atoms. The van der Waals surface area contributed by atoms with Gasteiger partial charge in [0.25, 0.3) is 0 Å². The van der Waals surface area contributed by atoms with Crippen molar-refractivity contribution in [3.05, 3.63) is 53.7 Å². The third-order valence-corrected chi connectivity index (χ3v) is 4.80. The van der Waals surface area contributed by atoms with Crippen molar-refractivity contribution < 1.29 is 18.3 Å². The minimum Gasteiger partial charge on any atom is -0.494 e. The largest absolute Gasteiger partial charge is 0.494 e. The first-order chi connectivity index (χ1) is 13.7. The zero-order chi connectivity index (χ0) is 19.8. The Morgan fingerprint density at radius 1 is 1.38 bits per heavy atom.